The van der Waals surface area contributed by atoms with Crippen molar-refractivity contribution in [3.8, 4) is 11.5 Å². The van der Waals surface area contributed by atoms with Crippen LogP contribution in [0.15, 0.2) is 53.6 Å². The topological polar surface area (TPSA) is 112 Å². The number of hydrazone groups is 1. The van der Waals surface area contributed by atoms with E-state index >= 15 is 0 Å². The summed E-state index contributed by atoms with van der Waals surface area (Å²) in [4.78, 5) is 11.8. The fourth-order valence-electron chi connectivity index (χ4n) is 2.49. The van der Waals surface area contributed by atoms with Gasteiger partial charge in [0.25, 0.3) is 0 Å². The van der Waals surface area contributed by atoms with Crippen molar-refractivity contribution in [1.29, 1.82) is 0 Å². The maximum Gasteiger partial charge on any atom is 0.247 e. The van der Waals surface area contributed by atoms with Gasteiger partial charge < -0.3 is 15.2 Å². The van der Waals surface area contributed by atoms with Crippen molar-refractivity contribution in [2.24, 2.45) is 5.10 Å². The lowest BCUT2D eigenvalue weighted by Crippen LogP contribution is -2.19. The third-order valence-electron chi connectivity index (χ3n) is 3.99. The molecule has 1 amide bonds. The Hall–Kier alpha value is -3.46. The lowest BCUT2D eigenvalue weighted by Gasteiger charge is -2.09. The van der Waals surface area contributed by atoms with E-state index in [4.69, 9.17) is 15.2 Å². The van der Waals surface area contributed by atoms with Crippen LogP contribution in [0.1, 0.15) is 22.6 Å². The zero-order chi connectivity index (χ0) is 21.2. The molecule has 0 radical (unpaired) electrons. The van der Waals surface area contributed by atoms with E-state index in [1.807, 2.05) is 55.5 Å². The number of amides is 1. The van der Waals surface area contributed by atoms with Crippen LogP contribution in [0.2, 0.25) is 0 Å². The van der Waals surface area contributed by atoms with Crippen molar-refractivity contribution in [2.45, 2.75) is 19.8 Å². The Bertz CT molecular complexity index is 988. The largest absolute Gasteiger partial charge is 0.493 e. The number of carbonyl (C=O) groups is 1. The first-order valence-corrected chi connectivity index (χ1v) is 10.2. The van der Waals surface area contributed by atoms with Crippen LogP contribution in [0.5, 0.6) is 11.5 Å². The van der Waals surface area contributed by atoms with Gasteiger partial charge in [0.2, 0.25) is 11.0 Å². The summed E-state index contributed by atoms with van der Waals surface area (Å²) in [6.07, 6.45) is 2.43. The number of nitrogens with zero attached hydrogens (tertiary/aromatic N) is 3. The van der Waals surface area contributed by atoms with Crippen LogP contribution in [-0.2, 0) is 11.2 Å². The standard InChI is InChI=1S/C21H23N5O3S/c1-15-5-2-3-6-18(15)29-12-4-11-28-17-9-7-16(8-10-17)14-23-24-19(27)13-20-25-26-21(22)30-20/h2-3,5-10,14H,4,11-13H2,1H3,(H2,22,26)(H,24,27)/b23-14+. The van der Waals surface area contributed by atoms with Crippen molar-refractivity contribution in [3.05, 3.63) is 64.7 Å². The molecule has 0 spiro atoms. The van der Waals surface area contributed by atoms with Crippen LogP contribution in [0.25, 0.3) is 0 Å². The molecule has 30 heavy (non-hydrogen) atoms. The molecule has 3 aromatic rings. The molecule has 0 bridgehead atoms. The minimum absolute atomic E-state index is 0.0898. The molecule has 0 saturated carbocycles. The molecule has 0 fully saturated rings. The van der Waals surface area contributed by atoms with Gasteiger partial charge in [-0.25, -0.2) is 5.43 Å². The summed E-state index contributed by atoms with van der Waals surface area (Å²) in [5.74, 6) is 1.39. The van der Waals surface area contributed by atoms with Gasteiger partial charge in [-0.1, -0.05) is 29.5 Å². The molecule has 8 nitrogen and oxygen atoms in total. The van der Waals surface area contributed by atoms with Crippen LogP contribution in [0.4, 0.5) is 5.13 Å². The number of anilines is 1. The molecular formula is C21H23N5O3S. The minimum Gasteiger partial charge on any atom is -0.493 e. The molecular weight excluding hydrogens is 402 g/mol. The second-order valence-electron chi connectivity index (χ2n) is 6.39. The average molecular weight is 426 g/mol. The second kappa shape index (κ2) is 10.9. The Morgan fingerprint density at radius 3 is 2.63 bits per heavy atom. The summed E-state index contributed by atoms with van der Waals surface area (Å²) in [7, 11) is 0. The average Bonchev–Trinajstić information content (AvgIpc) is 3.14. The lowest BCUT2D eigenvalue weighted by atomic mass is 10.2. The summed E-state index contributed by atoms with van der Waals surface area (Å²) >= 11 is 1.18. The molecule has 0 aliphatic rings. The van der Waals surface area contributed by atoms with Crippen LogP contribution in [0.3, 0.4) is 0 Å². The van der Waals surface area contributed by atoms with E-state index in [-0.39, 0.29) is 12.3 Å². The third-order valence-corrected chi connectivity index (χ3v) is 4.74. The predicted octanol–water partition coefficient (Wildman–Crippen LogP) is 2.97. The van der Waals surface area contributed by atoms with Gasteiger partial charge in [-0.05, 0) is 48.4 Å². The zero-order valence-electron chi connectivity index (χ0n) is 16.6. The number of rotatable bonds is 10. The lowest BCUT2D eigenvalue weighted by molar-refractivity contribution is -0.120. The Morgan fingerprint density at radius 2 is 1.90 bits per heavy atom. The Labute approximate surface area is 178 Å². The first-order valence-electron chi connectivity index (χ1n) is 9.41. The zero-order valence-corrected chi connectivity index (χ0v) is 17.4. The predicted molar refractivity (Wildman–Crippen MR) is 117 cm³/mol. The molecule has 156 valence electrons. The van der Waals surface area contributed by atoms with E-state index in [0.717, 1.165) is 29.0 Å². The molecule has 9 heteroatoms. The minimum atomic E-state index is -0.282. The number of ether oxygens (including phenoxy) is 2. The molecule has 1 heterocycles. The van der Waals surface area contributed by atoms with Crippen molar-refractivity contribution >= 4 is 28.6 Å². The van der Waals surface area contributed by atoms with Crippen LogP contribution >= 0.6 is 11.3 Å². The highest BCUT2D eigenvalue weighted by molar-refractivity contribution is 7.15. The molecule has 0 aliphatic heterocycles. The van der Waals surface area contributed by atoms with Gasteiger partial charge in [0.05, 0.1) is 25.8 Å². The van der Waals surface area contributed by atoms with Gasteiger partial charge in [-0.3, -0.25) is 4.79 Å². The van der Waals surface area contributed by atoms with Gasteiger partial charge >= 0.3 is 0 Å². The Kier molecular flexibility index (Phi) is 7.73. The number of hydrogen-bond donors (Lipinski definition) is 2. The monoisotopic (exact) mass is 425 g/mol. The molecule has 1 aromatic heterocycles. The summed E-state index contributed by atoms with van der Waals surface area (Å²) in [6, 6.07) is 15.4. The van der Waals surface area contributed by atoms with Gasteiger partial charge in [-0.2, -0.15) is 5.10 Å². The van der Waals surface area contributed by atoms with Crippen molar-refractivity contribution in [3.63, 3.8) is 0 Å². The third kappa shape index (κ3) is 6.85. The van der Waals surface area contributed by atoms with Crippen LogP contribution < -0.4 is 20.6 Å². The fourth-order valence-corrected chi connectivity index (χ4v) is 3.10. The first-order chi connectivity index (χ1) is 14.6. The summed E-state index contributed by atoms with van der Waals surface area (Å²) in [6.45, 7) is 3.18. The normalized spacial score (nSPS) is 10.8. The van der Waals surface area contributed by atoms with Gasteiger partial charge in [0, 0.05) is 6.42 Å². The molecule has 0 aliphatic carbocycles. The SMILES string of the molecule is Cc1ccccc1OCCCOc1ccc(/C=N/NC(=O)Cc2nnc(N)s2)cc1. The molecule has 0 unspecified atom stereocenters. The van der Waals surface area contributed by atoms with E-state index in [9.17, 15) is 4.79 Å². The number of hydrogen-bond acceptors (Lipinski definition) is 8. The fraction of sp³-hybridized carbons (Fsp3) is 0.238. The Balaban J connectivity index is 1.34. The van der Waals surface area contributed by atoms with Crippen LogP contribution in [-0.4, -0.2) is 35.5 Å². The molecule has 0 saturated heterocycles. The highest BCUT2D eigenvalue weighted by Crippen LogP contribution is 2.16. The van der Waals surface area contributed by atoms with Gasteiger partial charge in [-0.15, -0.1) is 10.2 Å². The van der Waals surface area contributed by atoms with Gasteiger partial charge in [0.15, 0.2) is 0 Å². The molecule has 2 aromatic carbocycles. The number of carbonyl (C=O) groups excluding carboxylic acids is 1. The van der Waals surface area contributed by atoms with E-state index in [2.05, 4.69) is 20.7 Å². The summed E-state index contributed by atoms with van der Waals surface area (Å²) in [5.41, 5.74) is 9.90. The van der Waals surface area contributed by atoms with Crippen molar-refractivity contribution in [2.75, 3.05) is 18.9 Å². The maximum atomic E-state index is 11.8. The van der Waals surface area contributed by atoms with E-state index in [0.29, 0.717) is 23.4 Å². The van der Waals surface area contributed by atoms with E-state index in [1.165, 1.54) is 11.3 Å². The van der Waals surface area contributed by atoms with Crippen molar-refractivity contribution < 1.29 is 14.3 Å². The second-order valence-corrected chi connectivity index (χ2v) is 7.48. The number of para-hydroxylation sites is 1. The molecule has 0 atom stereocenters. The number of nitrogens with two attached hydrogens (primary N) is 1. The Morgan fingerprint density at radius 1 is 1.13 bits per heavy atom. The quantitative estimate of drug-likeness (QED) is 0.293. The van der Waals surface area contributed by atoms with E-state index in [1.54, 1.807) is 6.21 Å². The number of nitrogens with one attached hydrogen (secondary N) is 1. The highest BCUT2D eigenvalue weighted by Gasteiger charge is 2.07. The number of nitrogen functional groups attached to an aromatic ring is 1. The first kappa shape index (κ1) is 21.3. The highest BCUT2D eigenvalue weighted by atomic mass is 32.1. The summed E-state index contributed by atoms with van der Waals surface area (Å²) < 4.78 is 11.5. The van der Waals surface area contributed by atoms with Crippen LogP contribution in [0, 0.1) is 6.92 Å². The smallest absolute Gasteiger partial charge is 0.247 e. The maximum absolute atomic E-state index is 11.8. The number of aryl methyl sites for hydroxylation is 1. The number of aromatic nitrogens is 2. The number of benzene rings is 2. The van der Waals surface area contributed by atoms with E-state index < -0.39 is 0 Å². The molecule has 3 N–H and O–H groups in total. The van der Waals surface area contributed by atoms with Gasteiger partial charge in [0.1, 0.15) is 16.5 Å². The van der Waals surface area contributed by atoms with Crippen molar-refractivity contribution in [1.82, 2.24) is 15.6 Å². The summed E-state index contributed by atoms with van der Waals surface area (Å²) in [5, 5.41) is 12.3. The molecule has 3 rings (SSSR count).